The topological polar surface area (TPSA) is 54.0 Å². The summed E-state index contributed by atoms with van der Waals surface area (Å²) < 4.78 is 26.4. The first-order chi connectivity index (χ1) is 18.4. The fourth-order valence-corrected chi connectivity index (χ4v) is 14.4. The summed E-state index contributed by atoms with van der Waals surface area (Å²) in [6.45, 7) is 19.5. The standard InChI is InChI=1S/C31H66O5Si2/c1-9-17-19-21-23-25-29(37(27-11-3,33-13-5)34-14-6)31(32)30(26-24-22-20-18-10-2)38(28-12-4,35-15-7)36-16-8/h29-30H,9-28H2,1-8H3. The summed E-state index contributed by atoms with van der Waals surface area (Å²) in [5.74, 6) is 0.347. The van der Waals surface area contributed by atoms with Gasteiger partial charge in [-0.05, 0) is 52.6 Å². The second kappa shape index (κ2) is 23.6. The maximum Gasteiger partial charge on any atom is 0.348 e. The highest BCUT2D eigenvalue weighted by Crippen LogP contribution is 2.44. The van der Waals surface area contributed by atoms with Gasteiger partial charge in [0, 0.05) is 26.4 Å². The lowest BCUT2D eigenvalue weighted by Gasteiger charge is -2.42. The van der Waals surface area contributed by atoms with Crippen molar-refractivity contribution >= 4 is 22.9 Å². The molecular formula is C31H66O5Si2. The Morgan fingerprint density at radius 3 is 1.05 bits per heavy atom. The van der Waals surface area contributed by atoms with Crippen LogP contribution in [0.3, 0.4) is 0 Å². The zero-order valence-corrected chi connectivity index (χ0v) is 28.8. The molecule has 7 heteroatoms. The number of carbonyl (C=O) groups excluding carboxylic acids is 1. The Balaban J connectivity index is 6.54. The molecule has 0 saturated carbocycles. The van der Waals surface area contributed by atoms with Gasteiger partial charge in [0.2, 0.25) is 0 Å². The van der Waals surface area contributed by atoms with E-state index in [4.69, 9.17) is 17.7 Å². The van der Waals surface area contributed by atoms with Crippen molar-refractivity contribution in [3.05, 3.63) is 0 Å². The molecule has 0 saturated heterocycles. The number of Topliss-reactive ketones (excluding diaryl/α,β-unsaturated/α-hetero) is 1. The monoisotopic (exact) mass is 574 g/mol. The molecule has 2 unspecified atom stereocenters. The minimum Gasteiger partial charge on any atom is -0.394 e. The molecule has 0 fully saturated rings. The van der Waals surface area contributed by atoms with Gasteiger partial charge in [0.15, 0.2) is 0 Å². The third kappa shape index (κ3) is 13.1. The van der Waals surface area contributed by atoms with Crippen LogP contribution in [0.2, 0.25) is 23.2 Å². The Morgan fingerprint density at radius 1 is 0.474 bits per heavy atom. The first kappa shape index (κ1) is 37.9. The van der Waals surface area contributed by atoms with Gasteiger partial charge in [0.1, 0.15) is 5.78 Å². The molecule has 38 heavy (non-hydrogen) atoms. The maximum atomic E-state index is 15.0. The number of ketones is 1. The van der Waals surface area contributed by atoms with E-state index >= 15 is 0 Å². The van der Waals surface area contributed by atoms with Crippen LogP contribution in [0.4, 0.5) is 0 Å². The van der Waals surface area contributed by atoms with E-state index in [-0.39, 0.29) is 11.1 Å². The number of hydrogen-bond acceptors (Lipinski definition) is 5. The zero-order chi connectivity index (χ0) is 28.7. The number of unbranched alkanes of at least 4 members (excludes halogenated alkanes) is 8. The van der Waals surface area contributed by atoms with Gasteiger partial charge in [-0.2, -0.15) is 0 Å². The molecule has 0 aromatic rings. The van der Waals surface area contributed by atoms with Crippen molar-refractivity contribution in [3.8, 4) is 0 Å². The Morgan fingerprint density at radius 2 is 0.789 bits per heavy atom. The largest absolute Gasteiger partial charge is 0.394 e. The molecule has 0 aromatic carbocycles. The Kier molecular flexibility index (Phi) is 23.6. The summed E-state index contributed by atoms with van der Waals surface area (Å²) in [5, 5.41) is 0. The minimum atomic E-state index is -2.77. The predicted molar refractivity (Wildman–Crippen MR) is 167 cm³/mol. The molecule has 0 aliphatic rings. The van der Waals surface area contributed by atoms with Gasteiger partial charge in [0.25, 0.3) is 0 Å². The van der Waals surface area contributed by atoms with E-state index in [0.29, 0.717) is 32.2 Å². The van der Waals surface area contributed by atoms with Gasteiger partial charge in [-0.1, -0.05) is 105 Å². The zero-order valence-electron chi connectivity index (χ0n) is 26.8. The molecule has 0 N–H and O–H groups in total. The molecule has 0 aliphatic carbocycles. The normalized spacial score (nSPS) is 14.1. The summed E-state index contributed by atoms with van der Waals surface area (Å²) in [5.41, 5.74) is -0.316. The van der Waals surface area contributed by atoms with Crippen molar-refractivity contribution in [1.82, 2.24) is 0 Å². The summed E-state index contributed by atoms with van der Waals surface area (Å²) in [6, 6.07) is 1.74. The average molecular weight is 575 g/mol. The average Bonchev–Trinajstić information content (AvgIpc) is 2.88. The SMILES string of the molecule is CCCCCCCC(C(=O)C(CCCCCCC)[Si](CCC)(OCC)OCC)[Si](CCC)(OCC)OCC. The highest BCUT2D eigenvalue weighted by Gasteiger charge is 2.56. The van der Waals surface area contributed by atoms with Crippen LogP contribution in [0.15, 0.2) is 0 Å². The molecule has 0 amide bonds. The quantitative estimate of drug-likeness (QED) is 0.0687. The molecule has 0 aromatic heterocycles. The second-order valence-corrected chi connectivity index (χ2v) is 17.6. The van der Waals surface area contributed by atoms with Crippen molar-refractivity contribution in [2.45, 2.75) is 168 Å². The van der Waals surface area contributed by atoms with Crippen molar-refractivity contribution in [1.29, 1.82) is 0 Å². The summed E-state index contributed by atoms with van der Waals surface area (Å²) >= 11 is 0. The van der Waals surface area contributed by atoms with Crippen LogP contribution in [-0.2, 0) is 22.5 Å². The summed E-state index contributed by atoms with van der Waals surface area (Å²) in [7, 11) is -5.53. The minimum absolute atomic E-state index is 0.158. The van der Waals surface area contributed by atoms with Crippen LogP contribution >= 0.6 is 0 Å². The lowest BCUT2D eigenvalue weighted by atomic mass is 10.0. The van der Waals surface area contributed by atoms with Crippen LogP contribution in [0.1, 0.15) is 145 Å². The molecule has 0 spiro atoms. The predicted octanol–water partition coefficient (Wildman–Crippen LogP) is 9.87. The van der Waals surface area contributed by atoms with E-state index < -0.39 is 17.1 Å². The van der Waals surface area contributed by atoms with E-state index in [1.165, 1.54) is 51.4 Å². The van der Waals surface area contributed by atoms with Gasteiger partial charge >= 0.3 is 17.1 Å². The van der Waals surface area contributed by atoms with E-state index in [9.17, 15) is 4.79 Å². The summed E-state index contributed by atoms with van der Waals surface area (Å²) in [4.78, 5) is 15.0. The number of rotatable bonds is 28. The highest BCUT2D eigenvalue weighted by atomic mass is 28.4. The number of carbonyl (C=O) groups is 1. The highest BCUT2D eigenvalue weighted by molar-refractivity contribution is 6.77. The van der Waals surface area contributed by atoms with Crippen LogP contribution < -0.4 is 0 Å². The fraction of sp³-hybridized carbons (Fsp3) is 0.968. The van der Waals surface area contributed by atoms with Gasteiger partial charge in [0.05, 0.1) is 11.1 Å². The van der Waals surface area contributed by atoms with Gasteiger partial charge in [-0.15, -0.1) is 0 Å². The van der Waals surface area contributed by atoms with E-state index in [0.717, 1.165) is 50.6 Å². The molecule has 228 valence electrons. The van der Waals surface area contributed by atoms with Crippen molar-refractivity contribution in [2.24, 2.45) is 0 Å². The van der Waals surface area contributed by atoms with E-state index in [1.807, 2.05) is 0 Å². The lowest BCUT2D eigenvalue weighted by Crippen LogP contribution is -2.55. The van der Waals surface area contributed by atoms with Crippen molar-refractivity contribution in [2.75, 3.05) is 26.4 Å². The van der Waals surface area contributed by atoms with Crippen LogP contribution in [0.25, 0.3) is 0 Å². The first-order valence-corrected chi connectivity index (χ1v) is 20.7. The Labute approximate surface area is 240 Å². The molecule has 0 bridgehead atoms. The van der Waals surface area contributed by atoms with Gasteiger partial charge in [-0.3, -0.25) is 4.79 Å². The molecule has 2 atom stereocenters. The van der Waals surface area contributed by atoms with Crippen LogP contribution in [0, 0.1) is 0 Å². The third-order valence-electron chi connectivity index (χ3n) is 7.69. The second-order valence-electron chi connectivity index (χ2n) is 10.8. The Bertz CT molecular complexity index is 480. The van der Waals surface area contributed by atoms with E-state index in [2.05, 4.69) is 55.4 Å². The third-order valence-corrected chi connectivity index (χ3v) is 16.5. The molecule has 5 nitrogen and oxygen atoms in total. The first-order valence-electron chi connectivity index (χ1n) is 16.5. The summed E-state index contributed by atoms with van der Waals surface area (Å²) in [6.07, 6.45) is 15.6. The smallest absolute Gasteiger partial charge is 0.348 e. The molecule has 0 radical (unpaired) electrons. The molecule has 0 rings (SSSR count). The maximum absolute atomic E-state index is 15.0. The molecular weight excluding hydrogens is 509 g/mol. The molecule has 0 heterocycles. The van der Waals surface area contributed by atoms with E-state index in [1.54, 1.807) is 0 Å². The lowest BCUT2D eigenvalue weighted by molar-refractivity contribution is -0.121. The fourth-order valence-electron chi connectivity index (χ4n) is 6.10. The van der Waals surface area contributed by atoms with Gasteiger partial charge < -0.3 is 17.7 Å². The Hall–Kier alpha value is -0.0562. The van der Waals surface area contributed by atoms with Crippen LogP contribution in [0.5, 0.6) is 0 Å². The van der Waals surface area contributed by atoms with Crippen molar-refractivity contribution < 1.29 is 22.5 Å². The van der Waals surface area contributed by atoms with Gasteiger partial charge in [-0.25, -0.2) is 0 Å². The van der Waals surface area contributed by atoms with Crippen molar-refractivity contribution in [3.63, 3.8) is 0 Å². The van der Waals surface area contributed by atoms with Crippen LogP contribution in [-0.4, -0.2) is 49.3 Å². The number of hydrogen-bond donors (Lipinski definition) is 0. The molecule has 0 aliphatic heterocycles.